The molecule has 0 bridgehead atoms. The highest BCUT2D eigenvalue weighted by Gasteiger charge is 2.22. The first-order chi connectivity index (χ1) is 16.8. The Labute approximate surface area is 202 Å². The number of piperidine rings is 1. The first-order valence-corrected chi connectivity index (χ1v) is 11.6. The molecule has 0 spiro atoms. The van der Waals surface area contributed by atoms with Crippen molar-refractivity contribution in [1.82, 2.24) is 15.0 Å². The quantitative estimate of drug-likeness (QED) is 0.487. The number of aromatic nitrogens is 2. The van der Waals surface area contributed by atoms with Crippen molar-refractivity contribution in [3.8, 4) is 34.7 Å². The first kappa shape index (κ1) is 24.4. The molecule has 0 saturated carbocycles. The smallest absolute Gasteiger partial charge is 0.303 e. The number of carboxylic acid groups (broad SMARTS) is 1. The predicted octanol–water partition coefficient (Wildman–Crippen LogP) is 4.89. The zero-order valence-corrected chi connectivity index (χ0v) is 19.7. The molecule has 9 heteroatoms. The van der Waals surface area contributed by atoms with Crippen LogP contribution in [0.25, 0.3) is 22.8 Å². The van der Waals surface area contributed by atoms with Crippen molar-refractivity contribution in [2.45, 2.75) is 45.8 Å². The molecule has 2 aromatic carbocycles. The van der Waals surface area contributed by atoms with Crippen LogP contribution in [0.2, 0.25) is 0 Å². The lowest BCUT2D eigenvalue weighted by Gasteiger charge is -2.31. The minimum Gasteiger partial charge on any atom is -0.490 e. The Balaban J connectivity index is 1.44. The van der Waals surface area contributed by atoms with E-state index in [1.165, 1.54) is 6.07 Å². The average molecular weight is 479 g/mol. The van der Waals surface area contributed by atoms with E-state index in [0.717, 1.165) is 31.5 Å². The van der Waals surface area contributed by atoms with Crippen molar-refractivity contribution in [2.24, 2.45) is 5.92 Å². The van der Waals surface area contributed by atoms with Gasteiger partial charge in [0.2, 0.25) is 5.82 Å². The topological polar surface area (TPSA) is 112 Å². The van der Waals surface area contributed by atoms with Crippen LogP contribution in [0.15, 0.2) is 40.9 Å². The summed E-state index contributed by atoms with van der Waals surface area (Å²) in [6.07, 6.45) is 1.79. The van der Waals surface area contributed by atoms with Crippen LogP contribution in [0.5, 0.6) is 5.75 Å². The van der Waals surface area contributed by atoms with E-state index < -0.39 is 11.8 Å². The molecule has 3 aromatic rings. The lowest BCUT2D eigenvalue weighted by Crippen LogP contribution is -2.33. The molecule has 1 fully saturated rings. The molecule has 1 saturated heterocycles. The summed E-state index contributed by atoms with van der Waals surface area (Å²) >= 11 is 0. The van der Waals surface area contributed by atoms with Crippen LogP contribution < -0.4 is 4.74 Å². The summed E-state index contributed by atoms with van der Waals surface area (Å²) in [6, 6.07) is 12.1. The molecule has 2 heterocycles. The fraction of sp³-hybridized carbons (Fsp3) is 0.385. The van der Waals surface area contributed by atoms with Gasteiger partial charge in [-0.05, 0) is 81.6 Å². The third-order valence-corrected chi connectivity index (χ3v) is 5.99. The van der Waals surface area contributed by atoms with Crippen molar-refractivity contribution in [2.75, 3.05) is 13.1 Å². The number of rotatable bonds is 8. The van der Waals surface area contributed by atoms with Gasteiger partial charge in [-0.15, -0.1) is 0 Å². The highest BCUT2D eigenvalue weighted by atomic mass is 19.1. The SMILES string of the molecule is CC(C)Oc1ccc(-c2nc(-c3ccc(CN4CCC(CC(=O)O)CC4)cc3F)no2)cc1C#N. The molecule has 1 N–H and O–H groups in total. The Morgan fingerprint density at radius 3 is 2.71 bits per heavy atom. The third-order valence-electron chi connectivity index (χ3n) is 5.99. The molecule has 0 aliphatic carbocycles. The summed E-state index contributed by atoms with van der Waals surface area (Å²) in [4.78, 5) is 17.4. The largest absolute Gasteiger partial charge is 0.490 e. The number of ether oxygens (including phenoxy) is 1. The highest BCUT2D eigenvalue weighted by Crippen LogP contribution is 2.29. The van der Waals surface area contributed by atoms with Crippen molar-refractivity contribution in [3.63, 3.8) is 0 Å². The molecule has 1 aromatic heterocycles. The van der Waals surface area contributed by atoms with Gasteiger partial charge in [0.05, 0.1) is 17.2 Å². The number of benzene rings is 2. The average Bonchev–Trinajstić information content (AvgIpc) is 3.30. The van der Waals surface area contributed by atoms with Crippen LogP contribution >= 0.6 is 0 Å². The van der Waals surface area contributed by atoms with Gasteiger partial charge in [0.15, 0.2) is 0 Å². The Morgan fingerprint density at radius 1 is 1.29 bits per heavy atom. The number of hydrogen-bond acceptors (Lipinski definition) is 7. The molecule has 0 radical (unpaired) electrons. The number of hydrogen-bond donors (Lipinski definition) is 1. The molecule has 0 unspecified atom stereocenters. The predicted molar refractivity (Wildman–Crippen MR) is 126 cm³/mol. The van der Waals surface area contributed by atoms with Gasteiger partial charge in [0.1, 0.15) is 17.6 Å². The Hall–Kier alpha value is -3.77. The van der Waals surface area contributed by atoms with Crippen LogP contribution in [0.4, 0.5) is 4.39 Å². The number of halogens is 1. The molecule has 1 aliphatic heterocycles. The number of nitriles is 1. The Morgan fingerprint density at radius 2 is 2.06 bits per heavy atom. The Bertz CT molecular complexity index is 1240. The highest BCUT2D eigenvalue weighted by molar-refractivity contribution is 5.67. The van der Waals surface area contributed by atoms with E-state index in [-0.39, 0.29) is 35.7 Å². The molecule has 1 aliphatic rings. The van der Waals surface area contributed by atoms with E-state index in [2.05, 4.69) is 21.1 Å². The minimum atomic E-state index is -0.756. The first-order valence-electron chi connectivity index (χ1n) is 11.6. The molecule has 0 atom stereocenters. The van der Waals surface area contributed by atoms with Crippen LogP contribution in [-0.4, -0.2) is 45.3 Å². The van der Waals surface area contributed by atoms with E-state index in [4.69, 9.17) is 14.4 Å². The maximum Gasteiger partial charge on any atom is 0.303 e. The van der Waals surface area contributed by atoms with Crippen LogP contribution in [0, 0.1) is 23.1 Å². The normalized spacial score (nSPS) is 14.7. The standard InChI is InChI=1S/C26H27FN4O4/c1-16(2)34-23-6-4-19(13-20(23)14-28)26-29-25(30-35-26)21-5-3-18(11-22(21)27)15-31-9-7-17(8-10-31)12-24(32)33/h3-6,11,13,16-17H,7-10,12,15H2,1-2H3,(H,32,33). The fourth-order valence-corrected chi connectivity index (χ4v) is 4.25. The fourth-order valence-electron chi connectivity index (χ4n) is 4.25. The summed E-state index contributed by atoms with van der Waals surface area (Å²) in [5, 5.41) is 22.3. The molecule has 0 amide bonds. The zero-order valence-electron chi connectivity index (χ0n) is 19.7. The monoisotopic (exact) mass is 478 g/mol. The number of carboxylic acids is 1. The van der Waals surface area contributed by atoms with Crippen molar-refractivity contribution < 1.29 is 23.6 Å². The van der Waals surface area contributed by atoms with Gasteiger partial charge in [-0.1, -0.05) is 11.2 Å². The Kier molecular flexibility index (Phi) is 7.42. The summed E-state index contributed by atoms with van der Waals surface area (Å²) in [7, 11) is 0. The maximum atomic E-state index is 14.9. The molecule has 8 nitrogen and oxygen atoms in total. The van der Waals surface area contributed by atoms with Crippen molar-refractivity contribution in [1.29, 1.82) is 5.26 Å². The van der Waals surface area contributed by atoms with E-state index in [1.54, 1.807) is 24.3 Å². The molecular weight excluding hydrogens is 451 g/mol. The molecule has 4 rings (SSSR count). The second-order valence-electron chi connectivity index (χ2n) is 9.04. The number of carbonyl (C=O) groups is 1. The van der Waals surface area contributed by atoms with Crippen molar-refractivity contribution in [3.05, 3.63) is 53.3 Å². The summed E-state index contributed by atoms with van der Waals surface area (Å²) < 4.78 is 25.9. The van der Waals surface area contributed by atoms with Crippen molar-refractivity contribution >= 4 is 5.97 Å². The summed E-state index contributed by atoms with van der Waals surface area (Å²) in [6.45, 7) is 5.94. The van der Waals surface area contributed by atoms with E-state index >= 15 is 0 Å². The second kappa shape index (κ2) is 10.7. The summed E-state index contributed by atoms with van der Waals surface area (Å²) in [5.41, 5.74) is 1.94. The number of likely N-dealkylation sites (tertiary alicyclic amines) is 1. The molecule has 182 valence electrons. The number of nitrogens with zero attached hydrogens (tertiary/aromatic N) is 4. The van der Waals surface area contributed by atoms with E-state index in [1.807, 2.05) is 19.9 Å². The number of aliphatic carboxylic acids is 1. The summed E-state index contributed by atoms with van der Waals surface area (Å²) in [5.74, 6) is -0.223. The van der Waals surface area contributed by atoms with E-state index in [0.29, 0.717) is 23.4 Å². The van der Waals surface area contributed by atoms with Gasteiger partial charge in [-0.3, -0.25) is 9.69 Å². The third kappa shape index (κ3) is 6.03. The van der Waals surface area contributed by atoms with Crippen LogP contribution in [0.1, 0.15) is 44.2 Å². The van der Waals surface area contributed by atoms with Crippen LogP contribution in [0.3, 0.4) is 0 Å². The maximum absolute atomic E-state index is 14.9. The molecule has 35 heavy (non-hydrogen) atoms. The minimum absolute atomic E-state index is 0.0716. The van der Waals surface area contributed by atoms with Crippen LogP contribution in [-0.2, 0) is 11.3 Å². The van der Waals surface area contributed by atoms with E-state index in [9.17, 15) is 14.4 Å². The lowest BCUT2D eigenvalue weighted by atomic mass is 9.93. The van der Waals surface area contributed by atoms with Gasteiger partial charge in [0, 0.05) is 18.5 Å². The van der Waals surface area contributed by atoms with Gasteiger partial charge in [-0.25, -0.2) is 4.39 Å². The van der Waals surface area contributed by atoms with Gasteiger partial charge in [-0.2, -0.15) is 10.2 Å². The molecular formula is C26H27FN4O4. The lowest BCUT2D eigenvalue weighted by molar-refractivity contribution is -0.138. The second-order valence-corrected chi connectivity index (χ2v) is 9.04. The van der Waals surface area contributed by atoms with Gasteiger partial charge < -0.3 is 14.4 Å². The van der Waals surface area contributed by atoms with Gasteiger partial charge >= 0.3 is 5.97 Å². The zero-order chi connectivity index (χ0) is 24.9. The van der Waals surface area contributed by atoms with Gasteiger partial charge in [0.25, 0.3) is 5.89 Å².